The number of allylic oxidation sites excluding steroid dienone is 1. The number of hydrogen-bond acceptors (Lipinski definition) is 3. The van der Waals surface area contributed by atoms with E-state index in [1.54, 1.807) is 0 Å². The molecule has 4 nitrogen and oxygen atoms in total. The van der Waals surface area contributed by atoms with Crippen LogP contribution in [0.2, 0.25) is 0 Å². The van der Waals surface area contributed by atoms with Crippen molar-refractivity contribution >= 4 is 12.9 Å². The Kier molecular flexibility index (Phi) is 4.20. The molecule has 0 aromatic rings. The van der Waals surface area contributed by atoms with E-state index in [-0.39, 0.29) is 16.9 Å². The number of ether oxygens (including phenoxy) is 1. The first-order chi connectivity index (χ1) is 12.0. The zero-order chi connectivity index (χ0) is 17.7. The lowest BCUT2D eigenvalue weighted by Gasteiger charge is -2.58. The molecule has 4 aliphatic rings. The molecule has 4 rings (SSSR count). The molecule has 7 atom stereocenters. The van der Waals surface area contributed by atoms with Crippen molar-refractivity contribution in [2.75, 3.05) is 0 Å². The van der Waals surface area contributed by atoms with Crippen LogP contribution in [-0.4, -0.2) is 25.0 Å². The highest BCUT2D eigenvalue weighted by molar-refractivity contribution is 5.47. The molecule has 138 valence electrons. The van der Waals surface area contributed by atoms with Gasteiger partial charge in [-0.05, 0) is 73.5 Å². The fourth-order valence-electron chi connectivity index (χ4n) is 7.18. The summed E-state index contributed by atoms with van der Waals surface area (Å²) in [6.07, 6.45) is 12.5. The molecule has 1 unspecified atom stereocenters. The third kappa shape index (κ3) is 2.47. The van der Waals surface area contributed by atoms with Crippen LogP contribution in [0.15, 0.2) is 11.6 Å². The van der Waals surface area contributed by atoms with Gasteiger partial charge in [-0.2, -0.15) is 0 Å². The standard InChI is InChI=1S/C21H31NO3/c1-20-9-7-15(25-13-24)11-14(20)3-4-16-17-5-6-19(22-12-23)21(17,2)10-8-18(16)20/h3,12-13,15-19H,4-11H2,1-2H3,(H,22,23)/t15-,16-,17-,18-,19?,20-,21-/m0/s1. The summed E-state index contributed by atoms with van der Waals surface area (Å²) < 4.78 is 5.28. The number of hydrogen-bond donors (Lipinski definition) is 1. The van der Waals surface area contributed by atoms with Gasteiger partial charge in [0.15, 0.2) is 0 Å². The van der Waals surface area contributed by atoms with Crippen molar-refractivity contribution in [2.45, 2.75) is 77.4 Å². The molecule has 3 fully saturated rings. The summed E-state index contributed by atoms with van der Waals surface area (Å²) in [7, 11) is 0. The molecule has 25 heavy (non-hydrogen) atoms. The quantitative estimate of drug-likeness (QED) is 0.625. The Morgan fingerprint density at radius 2 is 1.96 bits per heavy atom. The van der Waals surface area contributed by atoms with E-state index >= 15 is 0 Å². The Balaban J connectivity index is 1.59. The predicted octanol–water partition coefficient (Wildman–Crippen LogP) is 3.61. The molecule has 0 aliphatic heterocycles. The van der Waals surface area contributed by atoms with E-state index in [0.717, 1.165) is 56.3 Å². The van der Waals surface area contributed by atoms with E-state index in [9.17, 15) is 9.59 Å². The van der Waals surface area contributed by atoms with Gasteiger partial charge in [0.25, 0.3) is 6.47 Å². The summed E-state index contributed by atoms with van der Waals surface area (Å²) in [5, 5.41) is 3.12. The van der Waals surface area contributed by atoms with Crippen LogP contribution in [0.5, 0.6) is 0 Å². The minimum absolute atomic E-state index is 0.0786. The Morgan fingerprint density at radius 3 is 2.72 bits per heavy atom. The minimum atomic E-state index is 0.0786. The highest BCUT2D eigenvalue weighted by Gasteiger charge is 2.58. The molecule has 0 spiro atoms. The third-order valence-corrected chi connectivity index (χ3v) is 8.58. The lowest BCUT2D eigenvalue weighted by Crippen LogP contribution is -2.53. The van der Waals surface area contributed by atoms with Crippen LogP contribution in [0.25, 0.3) is 0 Å². The smallest absolute Gasteiger partial charge is 0.293 e. The van der Waals surface area contributed by atoms with Crippen LogP contribution in [0.3, 0.4) is 0 Å². The zero-order valence-corrected chi connectivity index (χ0v) is 15.5. The Bertz CT molecular complexity index is 588. The van der Waals surface area contributed by atoms with Gasteiger partial charge in [0.05, 0.1) is 0 Å². The minimum Gasteiger partial charge on any atom is -0.464 e. The van der Waals surface area contributed by atoms with Gasteiger partial charge in [-0.25, -0.2) is 0 Å². The summed E-state index contributed by atoms with van der Waals surface area (Å²) in [6, 6.07) is 0.353. The van der Waals surface area contributed by atoms with Crippen molar-refractivity contribution < 1.29 is 14.3 Å². The molecule has 0 bridgehead atoms. The monoisotopic (exact) mass is 345 g/mol. The Labute approximate surface area is 150 Å². The lowest BCUT2D eigenvalue weighted by molar-refractivity contribution is -0.136. The van der Waals surface area contributed by atoms with Crippen LogP contribution >= 0.6 is 0 Å². The van der Waals surface area contributed by atoms with Crippen molar-refractivity contribution in [3.8, 4) is 0 Å². The van der Waals surface area contributed by atoms with Crippen molar-refractivity contribution in [3.05, 3.63) is 11.6 Å². The molecule has 3 saturated carbocycles. The van der Waals surface area contributed by atoms with Gasteiger partial charge in [0, 0.05) is 12.5 Å². The Morgan fingerprint density at radius 1 is 1.12 bits per heavy atom. The molecule has 1 N–H and O–H groups in total. The second kappa shape index (κ2) is 6.14. The maximum atomic E-state index is 11.0. The molecule has 0 aromatic heterocycles. The van der Waals surface area contributed by atoms with Gasteiger partial charge < -0.3 is 10.1 Å². The number of rotatable bonds is 4. The molecule has 0 saturated heterocycles. The van der Waals surface area contributed by atoms with E-state index in [2.05, 4.69) is 25.2 Å². The second-order valence-electron chi connectivity index (χ2n) is 9.32. The van der Waals surface area contributed by atoms with Crippen molar-refractivity contribution in [3.63, 3.8) is 0 Å². The number of carbonyl (C=O) groups excluding carboxylic acids is 2. The second-order valence-corrected chi connectivity index (χ2v) is 9.32. The van der Waals surface area contributed by atoms with Crippen LogP contribution in [-0.2, 0) is 14.3 Å². The van der Waals surface area contributed by atoms with Crippen molar-refractivity contribution in [1.82, 2.24) is 5.32 Å². The van der Waals surface area contributed by atoms with Gasteiger partial charge in [-0.15, -0.1) is 0 Å². The fraction of sp³-hybridized carbons (Fsp3) is 0.810. The molecule has 0 heterocycles. The molecular formula is C21H31NO3. The topological polar surface area (TPSA) is 55.4 Å². The largest absolute Gasteiger partial charge is 0.464 e. The Hall–Kier alpha value is -1.32. The van der Waals surface area contributed by atoms with E-state index in [1.165, 1.54) is 24.8 Å². The van der Waals surface area contributed by atoms with E-state index in [1.807, 2.05) is 0 Å². The summed E-state index contributed by atoms with van der Waals surface area (Å²) >= 11 is 0. The van der Waals surface area contributed by atoms with Crippen LogP contribution in [0.1, 0.15) is 65.2 Å². The summed E-state index contributed by atoms with van der Waals surface area (Å²) in [5.74, 6) is 2.22. The van der Waals surface area contributed by atoms with Gasteiger partial charge in [0.2, 0.25) is 6.41 Å². The molecule has 4 aliphatic carbocycles. The molecule has 1 amide bonds. The fourth-order valence-corrected chi connectivity index (χ4v) is 7.18. The molecular weight excluding hydrogens is 314 g/mol. The van der Waals surface area contributed by atoms with E-state index in [0.29, 0.717) is 12.5 Å². The maximum absolute atomic E-state index is 11.0. The molecule has 4 heteroatoms. The van der Waals surface area contributed by atoms with Crippen molar-refractivity contribution in [1.29, 1.82) is 0 Å². The average Bonchev–Trinajstić information content (AvgIpc) is 2.93. The van der Waals surface area contributed by atoms with Gasteiger partial charge in [-0.1, -0.05) is 25.5 Å². The normalized spacial score (nSPS) is 48.4. The SMILES string of the molecule is C[C@]12CC[C@H](OC=O)CC1=CC[C@@H]1[C@@H]2CC[C@]2(C)C(NC=O)CC[C@@H]12. The third-order valence-electron chi connectivity index (χ3n) is 8.58. The number of carbonyl (C=O) groups is 2. The van der Waals surface area contributed by atoms with Gasteiger partial charge >= 0.3 is 0 Å². The highest BCUT2D eigenvalue weighted by atomic mass is 16.5. The average molecular weight is 345 g/mol. The predicted molar refractivity (Wildman–Crippen MR) is 95.6 cm³/mol. The van der Waals surface area contributed by atoms with E-state index in [4.69, 9.17) is 4.74 Å². The first-order valence-corrected chi connectivity index (χ1v) is 10.0. The van der Waals surface area contributed by atoms with Crippen LogP contribution < -0.4 is 5.32 Å². The van der Waals surface area contributed by atoms with Crippen LogP contribution in [0, 0.1) is 28.6 Å². The molecule has 0 aromatic carbocycles. The first-order valence-electron chi connectivity index (χ1n) is 10.0. The van der Waals surface area contributed by atoms with E-state index < -0.39 is 0 Å². The van der Waals surface area contributed by atoms with Gasteiger partial charge in [-0.3, -0.25) is 9.59 Å². The first kappa shape index (κ1) is 17.1. The summed E-state index contributed by atoms with van der Waals surface area (Å²) in [5.41, 5.74) is 2.08. The van der Waals surface area contributed by atoms with Crippen LogP contribution in [0.4, 0.5) is 0 Å². The number of nitrogens with one attached hydrogen (secondary N) is 1. The highest BCUT2D eigenvalue weighted by Crippen LogP contribution is 2.64. The summed E-state index contributed by atoms with van der Waals surface area (Å²) in [6.45, 7) is 5.49. The molecule has 0 radical (unpaired) electrons. The van der Waals surface area contributed by atoms with Crippen molar-refractivity contribution in [2.24, 2.45) is 28.6 Å². The number of amides is 1. The number of fused-ring (bicyclic) bond motifs is 5. The zero-order valence-electron chi connectivity index (χ0n) is 15.5. The summed E-state index contributed by atoms with van der Waals surface area (Å²) in [4.78, 5) is 21.7. The maximum Gasteiger partial charge on any atom is 0.293 e. The van der Waals surface area contributed by atoms with Gasteiger partial charge in [0.1, 0.15) is 6.10 Å². The lowest BCUT2D eigenvalue weighted by atomic mass is 9.48.